The Morgan fingerprint density at radius 1 is 1.00 bits per heavy atom. The van der Waals surface area contributed by atoms with E-state index in [9.17, 15) is 0 Å². The van der Waals surface area contributed by atoms with Gasteiger partial charge in [0, 0.05) is 80.6 Å². The zero-order valence-electron chi connectivity index (χ0n) is 1.89. The first kappa shape index (κ1) is 30.8. The van der Waals surface area contributed by atoms with Gasteiger partial charge in [0.1, 0.15) is 0 Å². The molecule has 0 aliphatic rings. The summed E-state index contributed by atoms with van der Waals surface area (Å²) in [5.74, 6) is 0. The van der Waals surface area contributed by atoms with Crippen molar-refractivity contribution in [2.45, 2.75) is 0 Å². The Morgan fingerprint density at radius 3 is 1.00 bits per heavy atom. The third-order valence-corrected chi connectivity index (χ3v) is 0. The Kier molecular flexibility index (Phi) is 136. The Hall–Kier alpha value is 2.57. The van der Waals surface area contributed by atoms with Crippen LogP contribution >= 0.6 is 0 Å². The van der Waals surface area contributed by atoms with Gasteiger partial charge in [-0.1, -0.05) is 0 Å². The Bertz CT molecular complexity index is 8.00. The molecule has 23 valence electrons. The van der Waals surface area contributed by atoms with Gasteiger partial charge in [-0.05, 0) is 0 Å². The van der Waals surface area contributed by atoms with E-state index in [-0.39, 0.29) is 80.6 Å². The summed E-state index contributed by atoms with van der Waals surface area (Å²) in [4.78, 5) is 0. The van der Waals surface area contributed by atoms with E-state index in [1.165, 1.54) is 0 Å². The second-order valence-electron chi connectivity index (χ2n) is 0. The summed E-state index contributed by atoms with van der Waals surface area (Å²) in [5, 5.41) is 0. The molecule has 0 nitrogen and oxygen atoms in total. The molecule has 0 aromatic heterocycles. The summed E-state index contributed by atoms with van der Waals surface area (Å²) in [7, 11) is 0. The molecule has 0 bridgehead atoms. The van der Waals surface area contributed by atoms with Crippen molar-refractivity contribution in [2.75, 3.05) is 0 Å². The van der Waals surface area contributed by atoms with Crippen molar-refractivity contribution >= 4 is 27.3 Å². The second-order valence-corrected chi connectivity index (χ2v) is 0. The van der Waals surface area contributed by atoms with Crippen LogP contribution in [0, 0.1) is 0 Å². The van der Waals surface area contributed by atoms with Gasteiger partial charge in [0.15, 0.2) is 0 Å². The first-order valence-electron chi connectivity index (χ1n) is 0. The van der Waals surface area contributed by atoms with Crippen LogP contribution in [0.5, 0.6) is 0 Å². The van der Waals surface area contributed by atoms with Crippen LogP contribution in [0.4, 0.5) is 0 Å². The van der Waals surface area contributed by atoms with E-state index < -0.39 is 0 Å². The van der Waals surface area contributed by atoms with E-state index in [1.807, 2.05) is 0 Å². The molecule has 0 amide bonds. The molecule has 0 fully saturated rings. The van der Waals surface area contributed by atoms with Crippen LogP contribution in [0.15, 0.2) is 0 Å². The van der Waals surface area contributed by atoms with Gasteiger partial charge in [0.05, 0.1) is 0 Å². The van der Waals surface area contributed by atoms with Crippen molar-refractivity contribution in [3.8, 4) is 0 Å². The molecule has 5 radical (unpaired) electrons. The predicted octanol–water partition coefficient (Wildman–Crippen LogP) is -0.388. The van der Waals surface area contributed by atoms with Gasteiger partial charge >= 0.3 is 0 Å². The number of hydrogen-bond donors (Lipinski definition) is 0. The maximum atomic E-state index is 0. The van der Waals surface area contributed by atoms with E-state index in [0.717, 1.165) is 0 Å². The molecule has 4 heavy (non-hydrogen) atoms. The van der Waals surface area contributed by atoms with Crippen molar-refractivity contribution in [3.63, 3.8) is 0 Å². The molecule has 0 aromatic rings. The van der Waals surface area contributed by atoms with Crippen molar-refractivity contribution < 1.29 is 53.3 Å². The summed E-state index contributed by atoms with van der Waals surface area (Å²) in [6, 6.07) is 0. The molecule has 0 heterocycles. The quantitative estimate of drug-likeness (QED) is 0.497. The van der Waals surface area contributed by atoms with Crippen LogP contribution in [-0.4, -0.2) is 27.3 Å². The van der Waals surface area contributed by atoms with E-state index in [1.54, 1.807) is 0 Å². The Morgan fingerprint density at radius 2 is 1.00 bits per heavy atom. The SMILES string of the molecule is [Co].[Fe].[Pb].[Zn]. The first-order chi connectivity index (χ1) is 0. The molecule has 0 atom stereocenters. The topological polar surface area (TPSA) is 0 Å². The molecule has 0 rings (SSSR count). The zero-order valence-corrected chi connectivity index (χ0v) is 10.9. The van der Waals surface area contributed by atoms with Crippen molar-refractivity contribution in [1.29, 1.82) is 0 Å². The third-order valence-electron chi connectivity index (χ3n) is 0. The Balaban J connectivity index is 0. The first-order valence-corrected chi connectivity index (χ1v) is 0. The molecule has 0 N–H and O–H groups in total. The van der Waals surface area contributed by atoms with Crippen LogP contribution in [0.25, 0.3) is 0 Å². The minimum atomic E-state index is 0. The third kappa shape index (κ3) is 8.82. The van der Waals surface area contributed by atoms with Gasteiger partial charge in [0.25, 0.3) is 0 Å². The standard InChI is InChI=1S/Co.Fe.Pb.Zn. The van der Waals surface area contributed by atoms with Crippen molar-refractivity contribution in [3.05, 3.63) is 0 Å². The molecular formula is CoFePbZn. The molecule has 0 unspecified atom stereocenters. The average Bonchev–Trinajstić information content (AvgIpc) is 0. The molecule has 4 heteroatoms. The van der Waals surface area contributed by atoms with Gasteiger partial charge < -0.3 is 0 Å². The molecule has 0 spiro atoms. The minimum Gasteiger partial charge on any atom is 0 e. The molecule has 0 aliphatic heterocycles. The zero-order chi connectivity index (χ0) is 0. The number of rotatable bonds is 0. The second kappa shape index (κ2) is 17.6. The average molecular weight is 387 g/mol. The maximum Gasteiger partial charge on any atom is 0 e. The predicted molar refractivity (Wildman–Crippen MR) is 5.75 cm³/mol. The molecule has 0 saturated carbocycles. The molecular weight excluding hydrogens is 387 g/mol. The van der Waals surface area contributed by atoms with Crippen LogP contribution < -0.4 is 0 Å². The van der Waals surface area contributed by atoms with Gasteiger partial charge in [-0.3, -0.25) is 0 Å². The summed E-state index contributed by atoms with van der Waals surface area (Å²) in [6.07, 6.45) is 0. The fourth-order valence-electron chi connectivity index (χ4n) is 0. The normalized spacial score (nSPS) is 0. The van der Waals surface area contributed by atoms with E-state index in [0.29, 0.717) is 0 Å². The summed E-state index contributed by atoms with van der Waals surface area (Å²) in [6.45, 7) is 0. The monoisotopic (exact) mass is 387 g/mol. The minimum absolute atomic E-state index is 0. The van der Waals surface area contributed by atoms with Gasteiger partial charge in [0.2, 0.25) is 0 Å². The summed E-state index contributed by atoms with van der Waals surface area (Å²) >= 11 is 0. The molecule has 0 aliphatic carbocycles. The summed E-state index contributed by atoms with van der Waals surface area (Å²) in [5.41, 5.74) is 0. The van der Waals surface area contributed by atoms with Crippen LogP contribution in [0.2, 0.25) is 0 Å². The largest absolute Gasteiger partial charge is 0 e. The van der Waals surface area contributed by atoms with Gasteiger partial charge in [-0.25, -0.2) is 0 Å². The van der Waals surface area contributed by atoms with Gasteiger partial charge in [-0.2, -0.15) is 0 Å². The van der Waals surface area contributed by atoms with Crippen molar-refractivity contribution in [2.24, 2.45) is 0 Å². The van der Waals surface area contributed by atoms with Crippen LogP contribution in [0.1, 0.15) is 0 Å². The van der Waals surface area contributed by atoms with Crippen LogP contribution in [0.3, 0.4) is 0 Å². The van der Waals surface area contributed by atoms with Crippen molar-refractivity contribution in [1.82, 2.24) is 0 Å². The fourth-order valence-corrected chi connectivity index (χ4v) is 0. The molecule has 0 saturated heterocycles. The van der Waals surface area contributed by atoms with E-state index >= 15 is 0 Å². The fraction of sp³-hybridized carbons (Fsp3) is 0. The smallest absolute Gasteiger partial charge is 0 e. The van der Waals surface area contributed by atoms with Crippen LogP contribution in [-0.2, 0) is 53.3 Å². The van der Waals surface area contributed by atoms with Gasteiger partial charge in [-0.15, -0.1) is 0 Å². The van der Waals surface area contributed by atoms with E-state index in [4.69, 9.17) is 0 Å². The maximum absolute atomic E-state index is 0. The molecule has 0 aromatic carbocycles. The summed E-state index contributed by atoms with van der Waals surface area (Å²) < 4.78 is 0. The Labute approximate surface area is 79.5 Å². The van der Waals surface area contributed by atoms with E-state index in [2.05, 4.69) is 0 Å². The number of hydrogen-bond acceptors (Lipinski definition) is 0.